The molecule has 2 aliphatic carbocycles. The van der Waals surface area contributed by atoms with E-state index in [0.717, 1.165) is 55.9 Å². The highest BCUT2D eigenvalue weighted by Gasteiger charge is 2.56. The Kier molecular flexibility index (Phi) is 6.12. The van der Waals surface area contributed by atoms with E-state index in [1.165, 1.54) is 11.6 Å². The van der Waals surface area contributed by atoms with Gasteiger partial charge in [0.1, 0.15) is 35.1 Å². The minimum atomic E-state index is -0.992. The number of carboxylic acids is 1. The summed E-state index contributed by atoms with van der Waals surface area (Å²) in [6.07, 6.45) is 7.23. The van der Waals surface area contributed by atoms with Crippen LogP contribution in [0, 0.1) is 22.6 Å². The van der Waals surface area contributed by atoms with Gasteiger partial charge in [0.15, 0.2) is 0 Å². The summed E-state index contributed by atoms with van der Waals surface area (Å²) in [6, 6.07) is 13.5. The van der Waals surface area contributed by atoms with Gasteiger partial charge in [0, 0.05) is 24.2 Å². The van der Waals surface area contributed by atoms with Crippen molar-refractivity contribution in [2.24, 2.45) is 5.41 Å². The zero-order chi connectivity index (χ0) is 28.1. The van der Waals surface area contributed by atoms with E-state index in [1.807, 2.05) is 18.2 Å². The highest BCUT2D eigenvalue weighted by Crippen LogP contribution is 2.66. The molecular formula is C31H28FN5O4. The van der Waals surface area contributed by atoms with Crippen molar-refractivity contribution in [1.29, 1.82) is 5.26 Å². The minimum Gasteiger partial charge on any atom is -0.477 e. The molecule has 3 aromatic heterocycles. The second kappa shape index (κ2) is 9.85. The molecule has 1 aromatic carbocycles. The maximum atomic E-state index is 14.2. The average Bonchev–Trinajstić information content (AvgIpc) is 3.30. The Morgan fingerprint density at radius 2 is 2.17 bits per heavy atom. The Labute approximate surface area is 235 Å². The van der Waals surface area contributed by atoms with Crippen LogP contribution in [-0.2, 0) is 17.9 Å². The number of rotatable bonds is 8. The molecule has 2 fully saturated rings. The molecule has 41 heavy (non-hydrogen) atoms. The minimum absolute atomic E-state index is 0.0261. The third kappa shape index (κ3) is 4.66. The number of aromatic nitrogens is 4. The fourth-order valence-corrected chi connectivity index (χ4v) is 6.14. The van der Waals surface area contributed by atoms with Crippen LogP contribution in [0.25, 0.3) is 16.7 Å². The molecule has 1 aliphatic heterocycles. The predicted octanol–water partition coefficient (Wildman–Crippen LogP) is 5.58. The number of nitrogens with one attached hydrogen (secondary N) is 1. The Balaban J connectivity index is 1.06. The number of aromatic amines is 1. The molecule has 3 aliphatic rings. The molecule has 0 radical (unpaired) electrons. The Morgan fingerprint density at radius 3 is 2.88 bits per heavy atom. The van der Waals surface area contributed by atoms with Crippen molar-refractivity contribution in [3.8, 4) is 11.9 Å². The average molecular weight is 554 g/mol. The van der Waals surface area contributed by atoms with Crippen LogP contribution in [0.1, 0.15) is 71.2 Å². The molecule has 4 aromatic rings. The van der Waals surface area contributed by atoms with Gasteiger partial charge in [0.05, 0.1) is 30.0 Å². The zero-order valence-electron chi connectivity index (χ0n) is 22.3. The maximum absolute atomic E-state index is 14.2. The lowest BCUT2D eigenvalue weighted by Crippen LogP contribution is -2.32. The molecular weight excluding hydrogens is 525 g/mol. The van der Waals surface area contributed by atoms with Gasteiger partial charge in [-0.05, 0) is 67.4 Å². The largest absolute Gasteiger partial charge is 0.477 e. The van der Waals surface area contributed by atoms with Crippen LogP contribution in [0.15, 0.2) is 48.5 Å². The fraction of sp³-hybridized carbons (Fsp3) is 0.355. The summed E-state index contributed by atoms with van der Waals surface area (Å²) in [5.74, 6) is 0.277. The van der Waals surface area contributed by atoms with Crippen molar-refractivity contribution >= 4 is 22.7 Å². The number of nitrogens with zero attached hydrogens (tertiary/aromatic N) is 4. The number of hydrogen-bond acceptors (Lipinski definition) is 6. The van der Waals surface area contributed by atoms with Gasteiger partial charge in [0.2, 0.25) is 5.88 Å². The molecule has 1 saturated heterocycles. The number of benzene rings is 1. The molecule has 2 N–H and O–H groups in total. The Hall–Kier alpha value is -4.49. The monoisotopic (exact) mass is 553 g/mol. The van der Waals surface area contributed by atoms with Crippen molar-refractivity contribution in [2.75, 3.05) is 6.61 Å². The number of carbonyl (C=O) groups is 1. The summed E-state index contributed by atoms with van der Waals surface area (Å²) < 4.78 is 27.9. The van der Waals surface area contributed by atoms with E-state index in [4.69, 9.17) is 19.7 Å². The second-order valence-electron chi connectivity index (χ2n) is 11.2. The summed E-state index contributed by atoms with van der Waals surface area (Å²) in [6.45, 7) is 1.46. The summed E-state index contributed by atoms with van der Waals surface area (Å²) >= 11 is 0. The lowest BCUT2D eigenvalue weighted by atomic mass is 9.83. The molecule has 10 heteroatoms. The van der Waals surface area contributed by atoms with Crippen LogP contribution in [0.3, 0.4) is 0 Å². The van der Waals surface area contributed by atoms with E-state index in [0.29, 0.717) is 29.4 Å². The number of fused-ring (bicyclic) bond motifs is 1. The van der Waals surface area contributed by atoms with Gasteiger partial charge in [-0.2, -0.15) is 5.26 Å². The Morgan fingerprint density at radius 1 is 1.29 bits per heavy atom. The topological polar surface area (TPSA) is 126 Å². The number of imidazole rings is 1. The van der Waals surface area contributed by atoms with E-state index in [1.54, 1.807) is 24.3 Å². The second-order valence-corrected chi connectivity index (χ2v) is 11.2. The molecule has 3 atom stereocenters. The zero-order valence-corrected chi connectivity index (χ0v) is 22.3. The molecule has 4 heterocycles. The smallest absolute Gasteiger partial charge is 0.352 e. The van der Waals surface area contributed by atoms with Gasteiger partial charge in [-0.15, -0.1) is 0 Å². The SMILES string of the molecule is N#Cc1ccc(COc2cccc(C3=CCC4(CC3)CC4c3nc4cc(C(=O)O)[nH]c4n3C[C@@H]3CCO3)n2)c(F)c1. The van der Waals surface area contributed by atoms with Crippen LogP contribution in [0.2, 0.25) is 0 Å². The molecule has 1 spiro atoms. The third-order valence-corrected chi connectivity index (χ3v) is 8.73. The maximum Gasteiger partial charge on any atom is 0.352 e. The molecule has 0 amide bonds. The van der Waals surface area contributed by atoms with E-state index < -0.39 is 11.8 Å². The number of halogens is 1. The number of H-pyrrole nitrogens is 1. The highest BCUT2D eigenvalue weighted by molar-refractivity contribution is 5.91. The van der Waals surface area contributed by atoms with Crippen LogP contribution in [0.5, 0.6) is 5.88 Å². The van der Waals surface area contributed by atoms with E-state index in [-0.39, 0.29) is 29.4 Å². The van der Waals surface area contributed by atoms with Crippen LogP contribution in [0.4, 0.5) is 4.39 Å². The number of pyridine rings is 1. The number of carboxylic acid groups (broad SMARTS) is 1. The number of ether oxygens (including phenoxy) is 2. The molecule has 7 rings (SSSR count). The van der Waals surface area contributed by atoms with Gasteiger partial charge in [-0.25, -0.2) is 19.2 Å². The number of hydrogen-bond donors (Lipinski definition) is 2. The van der Waals surface area contributed by atoms with Crippen molar-refractivity contribution in [3.05, 3.63) is 82.7 Å². The number of allylic oxidation sites excluding steroid dienone is 2. The summed E-state index contributed by atoms with van der Waals surface area (Å²) in [5.41, 5.74) is 4.39. The quantitative estimate of drug-likeness (QED) is 0.292. The van der Waals surface area contributed by atoms with Gasteiger partial charge in [-0.1, -0.05) is 18.2 Å². The highest BCUT2D eigenvalue weighted by atomic mass is 19.1. The predicted molar refractivity (Wildman–Crippen MR) is 147 cm³/mol. The van der Waals surface area contributed by atoms with E-state index in [2.05, 4.69) is 20.6 Å². The first kappa shape index (κ1) is 25.5. The Bertz CT molecular complexity index is 1750. The first-order valence-corrected chi connectivity index (χ1v) is 13.8. The summed E-state index contributed by atoms with van der Waals surface area (Å²) in [7, 11) is 0. The van der Waals surface area contributed by atoms with Crippen molar-refractivity contribution in [3.63, 3.8) is 0 Å². The summed E-state index contributed by atoms with van der Waals surface area (Å²) in [5, 5.41) is 18.4. The standard InChI is InChI=1S/C31H28FN5O4/c32-23-12-18(15-33)4-5-20(23)17-41-27-3-1-2-24(34-27)19-6-9-31(10-7-19)14-22(31)28-35-25-13-26(30(38)39)36-29(25)37(28)16-21-8-11-40-21/h1-6,12-13,21-22,36H,7-11,14,16-17H2,(H,38,39)/t21-,22?,31?/m0/s1. The number of nitriles is 1. The third-order valence-electron chi connectivity index (χ3n) is 8.73. The van der Waals surface area contributed by atoms with Crippen LogP contribution >= 0.6 is 0 Å². The van der Waals surface area contributed by atoms with Gasteiger partial charge < -0.3 is 24.1 Å². The normalized spacial score (nSPS) is 23.2. The lowest BCUT2D eigenvalue weighted by molar-refractivity contribution is -0.0591. The lowest BCUT2D eigenvalue weighted by Gasteiger charge is -2.28. The van der Waals surface area contributed by atoms with Gasteiger partial charge >= 0.3 is 5.97 Å². The van der Waals surface area contributed by atoms with Gasteiger partial charge in [0.25, 0.3) is 0 Å². The van der Waals surface area contributed by atoms with Crippen molar-refractivity contribution in [1.82, 2.24) is 19.5 Å². The van der Waals surface area contributed by atoms with E-state index in [9.17, 15) is 14.3 Å². The fourth-order valence-electron chi connectivity index (χ4n) is 6.14. The first-order chi connectivity index (χ1) is 19.9. The first-order valence-electron chi connectivity index (χ1n) is 13.8. The van der Waals surface area contributed by atoms with Crippen molar-refractivity contribution < 1.29 is 23.8 Å². The molecule has 2 unspecified atom stereocenters. The number of aromatic carboxylic acids is 1. The molecule has 9 nitrogen and oxygen atoms in total. The summed E-state index contributed by atoms with van der Waals surface area (Å²) in [4.78, 5) is 24.2. The van der Waals surface area contributed by atoms with Crippen LogP contribution < -0.4 is 4.74 Å². The van der Waals surface area contributed by atoms with Crippen LogP contribution in [-0.4, -0.2) is 43.3 Å². The molecule has 208 valence electrons. The molecule has 1 saturated carbocycles. The van der Waals surface area contributed by atoms with Crippen molar-refractivity contribution in [2.45, 2.75) is 57.3 Å². The van der Waals surface area contributed by atoms with E-state index >= 15 is 0 Å². The van der Waals surface area contributed by atoms with Gasteiger partial charge in [-0.3, -0.25) is 0 Å². The molecule has 0 bridgehead atoms.